The highest BCUT2D eigenvalue weighted by molar-refractivity contribution is 5.79. The van der Waals surface area contributed by atoms with Crippen LogP contribution in [0.15, 0.2) is 0 Å². The summed E-state index contributed by atoms with van der Waals surface area (Å²) in [5.41, 5.74) is -0.0885. The number of carbonyl (C=O) groups is 1. The van der Waals surface area contributed by atoms with Gasteiger partial charge in [-0.15, -0.1) is 0 Å². The summed E-state index contributed by atoms with van der Waals surface area (Å²) in [6.07, 6.45) is 6.82. The standard InChI is InChI=1S/C16H28O3/c1-4-5-9-16(18-10-11-19-16)15(2,3)13-7-6-8-14(17)12-13/h13H,4-12H2,1-3H3/t13-/m1/s1. The molecule has 0 unspecified atom stereocenters. The molecular weight excluding hydrogens is 240 g/mol. The van der Waals surface area contributed by atoms with Gasteiger partial charge in [-0.1, -0.05) is 27.2 Å². The van der Waals surface area contributed by atoms with Crippen LogP contribution in [-0.2, 0) is 14.3 Å². The van der Waals surface area contributed by atoms with E-state index < -0.39 is 5.79 Å². The monoisotopic (exact) mass is 268 g/mol. The number of ether oxygens (including phenoxy) is 2. The van der Waals surface area contributed by atoms with E-state index in [9.17, 15) is 4.79 Å². The second-order valence-corrected chi connectivity index (χ2v) is 6.61. The van der Waals surface area contributed by atoms with Crippen molar-refractivity contribution in [1.82, 2.24) is 0 Å². The Bertz CT molecular complexity index is 316. The summed E-state index contributed by atoms with van der Waals surface area (Å²) in [6.45, 7) is 8.04. The Morgan fingerprint density at radius 3 is 2.58 bits per heavy atom. The fourth-order valence-electron chi connectivity index (χ4n) is 3.65. The summed E-state index contributed by atoms with van der Waals surface area (Å²) >= 11 is 0. The van der Waals surface area contributed by atoms with Crippen LogP contribution in [-0.4, -0.2) is 24.8 Å². The van der Waals surface area contributed by atoms with E-state index in [4.69, 9.17) is 9.47 Å². The van der Waals surface area contributed by atoms with Gasteiger partial charge in [-0.3, -0.25) is 4.79 Å². The van der Waals surface area contributed by atoms with Crippen molar-refractivity contribution in [2.45, 2.75) is 71.5 Å². The molecular formula is C16H28O3. The molecule has 0 amide bonds. The van der Waals surface area contributed by atoms with Crippen LogP contribution in [0.25, 0.3) is 0 Å². The minimum Gasteiger partial charge on any atom is -0.347 e. The second-order valence-electron chi connectivity index (χ2n) is 6.61. The molecule has 1 aliphatic heterocycles. The molecule has 0 aromatic heterocycles. The summed E-state index contributed by atoms with van der Waals surface area (Å²) in [5, 5.41) is 0. The third-order valence-corrected chi connectivity index (χ3v) is 5.10. The van der Waals surface area contributed by atoms with Crippen LogP contribution in [0.1, 0.15) is 65.7 Å². The van der Waals surface area contributed by atoms with Crippen LogP contribution in [0, 0.1) is 11.3 Å². The number of carbonyl (C=O) groups excluding carboxylic acids is 1. The predicted octanol–water partition coefficient (Wildman–Crippen LogP) is 3.71. The average Bonchev–Trinajstić information content (AvgIpc) is 2.87. The third kappa shape index (κ3) is 2.87. The minimum atomic E-state index is -0.467. The number of unbranched alkanes of at least 4 members (excludes halogenated alkanes) is 1. The van der Waals surface area contributed by atoms with E-state index in [1.165, 1.54) is 0 Å². The topological polar surface area (TPSA) is 35.5 Å². The molecule has 3 heteroatoms. The smallest absolute Gasteiger partial charge is 0.173 e. The summed E-state index contributed by atoms with van der Waals surface area (Å²) in [4.78, 5) is 11.8. The zero-order chi connectivity index (χ0) is 13.9. The molecule has 2 fully saturated rings. The van der Waals surface area contributed by atoms with Gasteiger partial charge < -0.3 is 9.47 Å². The van der Waals surface area contributed by atoms with E-state index in [0.29, 0.717) is 31.3 Å². The summed E-state index contributed by atoms with van der Waals surface area (Å²) < 4.78 is 12.1. The van der Waals surface area contributed by atoms with Gasteiger partial charge in [0.05, 0.1) is 13.2 Å². The van der Waals surface area contributed by atoms with E-state index in [0.717, 1.165) is 38.5 Å². The molecule has 110 valence electrons. The van der Waals surface area contributed by atoms with Gasteiger partial charge in [0.15, 0.2) is 5.79 Å². The molecule has 1 atom stereocenters. The van der Waals surface area contributed by atoms with E-state index in [2.05, 4.69) is 20.8 Å². The van der Waals surface area contributed by atoms with Crippen molar-refractivity contribution in [3.8, 4) is 0 Å². The molecule has 2 rings (SSSR count). The highest BCUT2D eigenvalue weighted by atomic mass is 16.7. The zero-order valence-electron chi connectivity index (χ0n) is 12.7. The van der Waals surface area contributed by atoms with Crippen molar-refractivity contribution in [3.63, 3.8) is 0 Å². The lowest BCUT2D eigenvalue weighted by molar-refractivity contribution is -0.249. The van der Waals surface area contributed by atoms with Gasteiger partial charge in [0.25, 0.3) is 0 Å². The Labute approximate surface area is 117 Å². The Kier molecular flexibility index (Phi) is 4.67. The average molecular weight is 268 g/mol. The maximum atomic E-state index is 11.8. The summed E-state index contributed by atoms with van der Waals surface area (Å²) in [6, 6.07) is 0. The van der Waals surface area contributed by atoms with Crippen LogP contribution in [0.2, 0.25) is 0 Å². The van der Waals surface area contributed by atoms with Gasteiger partial charge in [-0.05, 0) is 25.2 Å². The normalized spacial score (nSPS) is 27.7. The van der Waals surface area contributed by atoms with Gasteiger partial charge in [0.1, 0.15) is 5.78 Å². The fraction of sp³-hybridized carbons (Fsp3) is 0.938. The number of hydrogen-bond donors (Lipinski definition) is 0. The van der Waals surface area contributed by atoms with E-state index >= 15 is 0 Å². The van der Waals surface area contributed by atoms with Crippen molar-refractivity contribution in [2.24, 2.45) is 11.3 Å². The van der Waals surface area contributed by atoms with Gasteiger partial charge in [-0.25, -0.2) is 0 Å². The van der Waals surface area contributed by atoms with E-state index in [1.807, 2.05) is 0 Å². The predicted molar refractivity (Wildman–Crippen MR) is 74.9 cm³/mol. The van der Waals surface area contributed by atoms with Crippen LogP contribution < -0.4 is 0 Å². The van der Waals surface area contributed by atoms with Crippen molar-refractivity contribution < 1.29 is 14.3 Å². The SMILES string of the molecule is CCCCC1(C(C)(C)[C@@H]2CCCC(=O)C2)OCCO1. The van der Waals surface area contributed by atoms with Crippen LogP contribution in [0.5, 0.6) is 0 Å². The maximum absolute atomic E-state index is 11.8. The van der Waals surface area contributed by atoms with Crippen LogP contribution >= 0.6 is 0 Å². The first kappa shape index (κ1) is 15.0. The number of Topliss-reactive ketones (excluding diaryl/α,β-unsaturated/α-hetero) is 1. The van der Waals surface area contributed by atoms with Crippen molar-refractivity contribution >= 4 is 5.78 Å². The molecule has 1 saturated heterocycles. The summed E-state index contributed by atoms with van der Waals surface area (Å²) in [5.74, 6) is 0.336. The van der Waals surface area contributed by atoms with Gasteiger partial charge in [0.2, 0.25) is 0 Å². The number of ketones is 1. The van der Waals surface area contributed by atoms with E-state index in [-0.39, 0.29) is 5.41 Å². The first-order chi connectivity index (χ1) is 9.02. The highest BCUT2D eigenvalue weighted by Crippen LogP contribution is 2.50. The van der Waals surface area contributed by atoms with E-state index in [1.54, 1.807) is 0 Å². The number of rotatable bonds is 5. The zero-order valence-corrected chi connectivity index (χ0v) is 12.7. The van der Waals surface area contributed by atoms with Gasteiger partial charge in [-0.2, -0.15) is 0 Å². The molecule has 0 spiro atoms. The molecule has 19 heavy (non-hydrogen) atoms. The van der Waals surface area contributed by atoms with Crippen molar-refractivity contribution in [1.29, 1.82) is 0 Å². The molecule has 0 aromatic rings. The Morgan fingerprint density at radius 1 is 1.32 bits per heavy atom. The van der Waals surface area contributed by atoms with Crippen LogP contribution in [0.4, 0.5) is 0 Å². The lowest BCUT2D eigenvalue weighted by atomic mass is 9.65. The Morgan fingerprint density at radius 2 is 2.00 bits per heavy atom. The lowest BCUT2D eigenvalue weighted by Gasteiger charge is -2.48. The van der Waals surface area contributed by atoms with Crippen molar-refractivity contribution in [3.05, 3.63) is 0 Å². The molecule has 3 nitrogen and oxygen atoms in total. The van der Waals surface area contributed by atoms with Crippen LogP contribution in [0.3, 0.4) is 0 Å². The fourth-order valence-corrected chi connectivity index (χ4v) is 3.65. The molecule has 1 heterocycles. The lowest BCUT2D eigenvalue weighted by Crippen LogP contribution is -2.51. The molecule has 0 N–H and O–H groups in total. The minimum absolute atomic E-state index is 0.0885. The maximum Gasteiger partial charge on any atom is 0.173 e. The molecule has 1 saturated carbocycles. The highest BCUT2D eigenvalue weighted by Gasteiger charge is 2.53. The first-order valence-corrected chi connectivity index (χ1v) is 7.81. The summed E-state index contributed by atoms with van der Waals surface area (Å²) in [7, 11) is 0. The second kappa shape index (κ2) is 5.92. The Balaban J connectivity index is 2.15. The quantitative estimate of drug-likeness (QED) is 0.762. The molecule has 0 bridgehead atoms. The third-order valence-electron chi connectivity index (χ3n) is 5.10. The van der Waals surface area contributed by atoms with Crippen molar-refractivity contribution in [2.75, 3.05) is 13.2 Å². The van der Waals surface area contributed by atoms with Gasteiger partial charge in [0, 0.05) is 24.7 Å². The molecule has 0 aromatic carbocycles. The molecule has 0 radical (unpaired) electrons. The molecule has 1 aliphatic carbocycles. The first-order valence-electron chi connectivity index (χ1n) is 7.81. The molecule has 2 aliphatic rings. The number of hydrogen-bond acceptors (Lipinski definition) is 3. The Hall–Kier alpha value is -0.410. The van der Waals surface area contributed by atoms with Gasteiger partial charge >= 0.3 is 0 Å². The largest absolute Gasteiger partial charge is 0.347 e.